The van der Waals surface area contributed by atoms with Crippen molar-refractivity contribution < 1.29 is 4.79 Å². The fraction of sp³-hybridized carbons (Fsp3) is 0.381. The third-order valence-electron chi connectivity index (χ3n) is 4.68. The molecule has 0 unspecified atom stereocenters. The Balaban J connectivity index is 0.00000225. The minimum Gasteiger partial charge on any atom is -0.352 e. The number of hydrogen-bond donors (Lipinski definition) is 2. The second-order valence-electron chi connectivity index (χ2n) is 6.88. The maximum absolute atomic E-state index is 12.1. The van der Waals surface area contributed by atoms with Crippen LogP contribution in [0.5, 0.6) is 0 Å². The SMILES string of the molecule is CC(C)c1ccc(CCC(=O)NCc2ccc3c(c2)CNC3)cc1.Cl. The summed E-state index contributed by atoms with van der Waals surface area (Å²) in [5.41, 5.74) is 6.46. The van der Waals surface area contributed by atoms with Gasteiger partial charge in [0.25, 0.3) is 0 Å². The van der Waals surface area contributed by atoms with Crippen molar-refractivity contribution in [1.29, 1.82) is 0 Å². The van der Waals surface area contributed by atoms with Crippen LogP contribution in [0.4, 0.5) is 0 Å². The molecule has 2 aromatic rings. The van der Waals surface area contributed by atoms with Crippen molar-refractivity contribution in [2.24, 2.45) is 0 Å². The lowest BCUT2D eigenvalue weighted by atomic mass is 10.0. The summed E-state index contributed by atoms with van der Waals surface area (Å²) in [6.07, 6.45) is 1.33. The van der Waals surface area contributed by atoms with E-state index in [-0.39, 0.29) is 18.3 Å². The molecule has 2 aromatic carbocycles. The molecule has 3 nitrogen and oxygen atoms in total. The Morgan fingerprint density at radius 2 is 1.72 bits per heavy atom. The lowest BCUT2D eigenvalue weighted by Gasteiger charge is -2.08. The summed E-state index contributed by atoms with van der Waals surface area (Å²) >= 11 is 0. The Morgan fingerprint density at radius 3 is 2.44 bits per heavy atom. The average Bonchev–Trinajstić information content (AvgIpc) is 3.06. The van der Waals surface area contributed by atoms with Crippen molar-refractivity contribution in [2.45, 2.75) is 52.2 Å². The van der Waals surface area contributed by atoms with Gasteiger partial charge in [-0.05, 0) is 40.2 Å². The minimum absolute atomic E-state index is 0. The van der Waals surface area contributed by atoms with Crippen LogP contribution in [0.3, 0.4) is 0 Å². The van der Waals surface area contributed by atoms with Gasteiger partial charge in [-0.1, -0.05) is 56.3 Å². The van der Waals surface area contributed by atoms with E-state index in [2.05, 4.69) is 66.9 Å². The Kier molecular flexibility index (Phi) is 7.03. The van der Waals surface area contributed by atoms with Crippen molar-refractivity contribution in [3.63, 3.8) is 0 Å². The molecule has 0 bridgehead atoms. The number of rotatable bonds is 6. The zero-order valence-electron chi connectivity index (χ0n) is 15.0. The first-order chi connectivity index (χ1) is 11.6. The quantitative estimate of drug-likeness (QED) is 0.816. The third-order valence-corrected chi connectivity index (χ3v) is 4.68. The number of benzene rings is 2. The zero-order chi connectivity index (χ0) is 16.9. The molecule has 2 N–H and O–H groups in total. The molecule has 0 saturated heterocycles. The second kappa shape index (κ2) is 9.02. The van der Waals surface area contributed by atoms with Crippen LogP contribution in [0.25, 0.3) is 0 Å². The number of aryl methyl sites for hydroxylation is 1. The summed E-state index contributed by atoms with van der Waals surface area (Å²) in [4.78, 5) is 12.1. The standard InChI is InChI=1S/C21H26N2O.ClH/c1-15(2)18-7-3-16(4-8-18)6-10-21(24)23-12-17-5-9-19-13-22-14-20(19)11-17;/h3-5,7-9,11,15,22H,6,10,12-14H2,1-2H3,(H,23,24);1H. The third kappa shape index (κ3) is 5.32. The molecule has 0 fully saturated rings. The van der Waals surface area contributed by atoms with Crippen molar-refractivity contribution in [2.75, 3.05) is 0 Å². The van der Waals surface area contributed by atoms with Crippen LogP contribution in [0.2, 0.25) is 0 Å². The van der Waals surface area contributed by atoms with Crippen molar-refractivity contribution in [3.05, 3.63) is 70.3 Å². The average molecular weight is 359 g/mol. The normalized spacial score (nSPS) is 12.6. The smallest absolute Gasteiger partial charge is 0.220 e. The summed E-state index contributed by atoms with van der Waals surface area (Å²) in [6, 6.07) is 15.1. The molecule has 0 radical (unpaired) electrons. The highest BCUT2D eigenvalue weighted by atomic mass is 35.5. The lowest BCUT2D eigenvalue weighted by Crippen LogP contribution is -2.23. The molecular weight excluding hydrogens is 332 g/mol. The molecule has 0 spiro atoms. The molecule has 1 amide bonds. The van der Waals surface area contributed by atoms with Gasteiger partial charge in [-0.3, -0.25) is 4.79 Å². The maximum Gasteiger partial charge on any atom is 0.220 e. The molecule has 0 aromatic heterocycles. The molecular formula is C21H27ClN2O. The first-order valence-corrected chi connectivity index (χ1v) is 8.79. The van der Waals surface area contributed by atoms with Gasteiger partial charge in [-0.2, -0.15) is 0 Å². The van der Waals surface area contributed by atoms with E-state index in [4.69, 9.17) is 0 Å². The molecule has 1 aliphatic heterocycles. The highest BCUT2D eigenvalue weighted by molar-refractivity contribution is 5.85. The zero-order valence-corrected chi connectivity index (χ0v) is 15.8. The van der Waals surface area contributed by atoms with Crippen molar-refractivity contribution >= 4 is 18.3 Å². The maximum atomic E-state index is 12.1. The predicted molar refractivity (Wildman–Crippen MR) is 105 cm³/mol. The fourth-order valence-electron chi connectivity index (χ4n) is 3.07. The molecule has 4 heteroatoms. The summed E-state index contributed by atoms with van der Waals surface area (Å²) in [6.45, 7) is 6.88. The predicted octanol–water partition coefficient (Wildman–Crippen LogP) is 4.08. The van der Waals surface area contributed by atoms with Gasteiger partial charge in [0.05, 0.1) is 0 Å². The highest BCUT2D eigenvalue weighted by Gasteiger charge is 2.10. The number of amides is 1. The first-order valence-electron chi connectivity index (χ1n) is 8.79. The van der Waals surface area contributed by atoms with Crippen LogP contribution >= 0.6 is 12.4 Å². The van der Waals surface area contributed by atoms with E-state index >= 15 is 0 Å². The Bertz CT molecular complexity index is 710. The first kappa shape index (κ1) is 19.5. The van der Waals surface area contributed by atoms with Crippen LogP contribution in [-0.4, -0.2) is 5.91 Å². The summed E-state index contributed by atoms with van der Waals surface area (Å²) in [7, 11) is 0. The fourth-order valence-corrected chi connectivity index (χ4v) is 3.07. The van der Waals surface area contributed by atoms with Crippen molar-refractivity contribution in [1.82, 2.24) is 10.6 Å². The van der Waals surface area contributed by atoms with E-state index in [1.807, 2.05) is 0 Å². The number of fused-ring (bicyclic) bond motifs is 1. The highest BCUT2D eigenvalue weighted by Crippen LogP contribution is 2.17. The number of carbonyl (C=O) groups is 1. The molecule has 25 heavy (non-hydrogen) atoms. The number of hydrogen-bond acceptors (Lipinski definition) is 2. The molecule has 0 atom stereocenters. The van der Waals surface area contributed by atoms with Gasteiger partial charge in [-0.25, -0.2) is 0 Å². The summed E-state index contributed by atoms with van der Waals surface area (Å²) in [5.74, 6) is 0.659. The number of halogens is 1. The van der Waals surface area contributed by atoms with Gasteiger partial charge in [-0.15, -0.1) is 12.4 Å². The Hall–Kier alpha value is -1.84. The molecule has 1 heterocycles. The van der Waals surface area contributed by atoms with E-state index in [1.54, 1.807) is 0 Å². The van der Waals surface area contributed by atoms with Crippen molar-refractivity contribution in [3.8, 4) is 0 Å². The summed E-state index contributed by atoms with van der Waals surface area (Å²) < 4.78 is 0. The lowest BCUT2D eigenvalue weighted by molar-refractivity contribution is -0.121. The van der Waals surface area contributed by atoms with E-state index in [0.29, 0.717) is 18.9 Å². The molecule has 1 aliphatic rings. The van der Waals surface area contributed by atoms with Crippen LogP contribution < -0.4 is 10.6 Å². The topological polar surface area (TPSA) is 41.1 Å². The number of nitrogens with one attached hydrogen (secondary N) is 2. The van der Waals surface area contributed by atoms with Gasteiger partial charge in [0.1, 0.15) is 0 Å². The van der Waals surface area contributed by atoms with Gasteiger partial charge in [0, 0.05) is 26.1 Å². The van der Waals surface area contributed by atoms with Crippen LogP contribution in [-0.2, 0) is 30.8 Å². The van der Waals surface area contributed by atoms with E-state index < -0.39 is 0 Å². The monoisotopic (exact) mass is 358 g/mol. The molecule has 0 aliphatic carbocycles. The Morgan fingerprint density at radius 1 is 1.04 bits per heavy atom. The Labute approximate surface area is 156 Å². The van der Waals surface area contributed by atoms with Gasteiger partial charge >= 0.3 is 0 Å². The molecule has 3 rings (SSSR count). The second-order valence-corrected chi connectivity index (χ2v) is 6.88. The minimum atomic E-state index is 0. The van der Waals surface area contributed by atoms with E-state index in [1.165, 1.54) is 27.8 Å². The van der Waals surface area contributed by atoms with Crippen LogP contribution in [0, 0.1) is 0 Å². The van der Waals surface area contributed by atoms with Crippen LogP contribution in [0.1, 0.15) is 54.0 Å². The number of carbonyl (C=O) groups excluding carboxylic acids is 1. The largest absolute Gasteiger partial charge is 0.352 e. The van der Waals surface area contributed by atoms with Gasteiger partial charge < -0.3 is 10.6 Å². The van der Waals surface area contributed by atoms with E-state index in [0.717, 1.165) is 19.5 Å². The molecule has 134 valence electrons. The van der Waals surface area contributed by atoms with Gasteiger partial charge in [0.2, 0.25) is 5.91 Å². The van der Waals surface area contributed by atoms with Gasteiger partial charge in [0.15, 0.2) is 0 Å². The van der Waals surface area contributed by atoms with Crippen LogP contribution in [0.15, 0.2) is 42.5 Å². The molecule has 0 saturated carbocycles. The van der Waals surface area contributed by atoms with E-state index in [9.17, 15) is 4.79 Å². The summed E-state index contributed by atoms with van der Waals surface area (Å²) in [5, 5.41) is 6.37.